The monoisotopic (exact) mass is 138 g/mol. The van der Waals surface area contributed by atoms with Gasteiger partial charge in [0.05, 0.1) is 6.20 Å². The molecule has 0 saturated carbocycles. The fourth-order valence-electron chi connectivity index (χ4n) is 0.694. The first-order chi connectivity index (χ1) is 4.70. The summed E-state index contributed by atoms with van der Waals surface area (Å²) in [5.41, 5.74) is 6.38. The third-order valence-electron chi connectivity index (χ3n) is 1.27. The number of aromatic nitrogens is 1. The zero-order chi connectivity index (χ0) is 7.56. The summed E-state index contributed by atoms with van der Waals surface area (Å²) in [6, 6.07) is 1.54. The maximum Gasteiger partial charge on any atom is 0.134 e. The topological polar surface area (TPSA) is 59.1 Å². The highest BCUT2D eigenvalue weighted by atomic mass is 16.3. The summed E-state index contributed by atoms with van der Waals surface area (Å²) in [4.78, 5) is 3.78. The van der Waals surface area contributed by atoms with E-state index in [-0.39, 0.29) is 11.8 Å². The molecule has 1 rings (SSSR count). The maximum absolute atomic E-state index is 8.94. The van der Waals surface area contributed by atoms with Gasteiger partial charge in [0.25, 0.3) is 0 Å². The first-order valence-corrected chi connectivity index (χ1v) is 3.09. The van der Waals surface area contributed by atoms with Crippen molar-refractivity contribution in [1.82, 2.24) is 4.98 Å². The Kier molecular flexibility index (Phi) is 1.87. The summed E-state index contributed by atoms with van der Waals surface area (Å²) < 4.78 is 0. The largest absolute Gasteiger partial charge is 0.506 e. The zero-order valence-corrected chi connectivity index (χ0v) is 5.78. The molecule has 0 amide bonds. The van der Waals surface area contributed by atoms with Crippen molar-refractivity contribution in [3.05, 3.63) is 24.0 Å². The number of pyridine rings is 1. The molecule has 0 spiro atoms. The van der Waals surface area contributed by atoms with Crippen molar-refractivity contribution in [3.63, 3.8) is 0 Å². The van der Waals surface area contributed by atoms with Gasteiger partial charge in [0, 0.05) is 12.2 Å². The highest BCUT2D eigenvalue weighted by Gasteiger charge is 1.98. The minimum absolute atomic E-state index is 0.0698. The minimum atomic E-state index is -0.0698. The van der Waals surface area contributed by atoms with Gasteiger partial charge in [-0.2, -0.15) is 0 Å². The minimum Gasteiger partial charge on any atom is -0.506 e. The maximum atomic E-state index is 8.94. The van der Waals surface area contributed by atoms with Crippen LogP contribution in [0.25, 0.3) is 0 Å². The van der Waals surface area contributed by atoms with E-state index >= 15 is 0 Å². The Morgan fingerprint density at radius 3 is 2.70 bits per heavy atom. The van der Waals surface area contributed by atoms with Crippen LogP contribution in [0.4, 0.5) is 0 Å². The molecule has 3 N–H and O–H groups in total. The predicted octanol–water partition coefficient (Wildman–Crippen LogP) is 0.807. The van der Waals surface area contributed by atoms with Gasteiger partial charge in [-0.15, -0.1) is 0 Å². The van der Waals surface area contributed by atoms with Crippen LogP contribution in [0.5, 0.6) is 5.75 Å². The Morgan fingerprint density at radius 2 is 2.30 bits per heavy atom. The Bertz CT molecular complexity index is 223. The fourth-order valence-corrected chi connectivity index (χ4v) is 0.694. The van der Waals surface area contributed by atoms with E-state index in [2.05, 4.69) is 4.98 Å². The molecule has 0 aliphatic heterocycles. The van der Waals surface area contributed by atoms with E-state index in [1.54, 1.807) is 12.3 Å². The lowest BCUT2D eigenvalue weighted by atomic mass is 10.1. The molecule has 54 valence electrons. The molecule has 3 nitrogen and oxygen atoms in total. The molecule has 0 fully saturated rings. The first kappa shape index (κ1) is 7.02. The van der Waals surface area contributed by atoms with Crippen molar-refractivity contribution in [2.45, 2.75) is 13.0 Å². The van der Waals surface area contributed by atoms with Gasteiger partial charge < -0.3 is 10.8 Å². The molecule has 0 unspecified atom stereocenters. The average molecular weight is 138 g/mol. The van der Waals surface area contributed by atoms with Crippen LogP contribution in [0, 0.1) is 0 Å². The van der Waals surface area contributed by atoms with Gasteiger partial charge in [-0.05, 0) is 18.6 Å². The Morgan fingerprint density at radius 1 is 1.60 bits per heavy atom. The van der Waals surface area contributed by atoms with Crippen molar-refractivity contribution >= 4 is 0 Å². The highest BCUT2D eigenvalue weighted by Crippen LogP contribution is 2.13. The Hall–Kier alpha value is -1.09. The van der Waals surface area contributed by atoms with Gasteiger partial charge in [-0.3, -0.25) is 4.98 Å². The van der Waals surface area contributed by atoms with Gasteiger partial charge in [-0.1, -0.05) is 0 Å². The van der Waals surface area contributed by atoms with Crippen molar-refractivity contribution in [2.75, 3.05) is 0 Å². The van der Waals surface area contributed by atoms with E-state index < -0.39 is 0 Å². The molecule has 0 radical (unpaired) electrons. The summed E-state index contributed by atoms with van der Waals surface area (Å²) in [7, 11) is 0. The number of rotatable bonds is 1. The van der Waals surface area contributed by atoms with Crippen molar-refractivity contribution in [2.24, 2.45) is 5.73 Å². The second-order valence-corrected chi connectivity index (χ2v) is 2.27. The Balaban J connectivity index is 2.96. The molecule has 1 heterocycles. The molecule has 0 aromatic carbocycles. The zero-order valence-electron chi connectivity index (χ0n) is 5.78. The summed E-state index contributed by atoms with van der Waals surface area (Å²) >= 11 is 0. The second kappa shape index (κ2) is 2.66. The van der Waals surface area contributed by atoms with E-state index in [1.165, 1.54) is 6.20 Å². The molecule has 0 saturated heterocycles. The van der Waals surface area contributed by atoms with Gasteiger partial charge in [0.1, 0.15) is 5.75 Å². The number of hydrogen-bond donors (Lipinski definition) is 2. The van der Waals surface area contributed by atoms with E-state index in [4.69, 9.17) is 10.8 Å². The molecule has 0 bridgehead atoms. The third kappa shape index (κ3) is 1.45. The van der Waals surface area contributed by atoms with Gasteiger partial charge >= 0.3 is 0 Å². The summed E-state index contributed by atoms with van der Waals surface area (Å²) in [6.07, 6.45) is 3.02. The molecule has 10 heavy (non-hydrogen) atoms. The number of hydrogen-bond acceptors (Lipinski definition) is 3. The average Bonchev–Trinajstić information content (AvgIpc) is 1.88. The van der Waals surface area contributed by atoms with E-state index in [9.17, 15) is 0 Å². The number of nitrogens with zero attached hydrogens (tertiary/aromatic N) is 1. The van der Waals surface area contributed by atoms with Crippen LogP contribution in [0.1, 0.15) is 18.5 Å². The highest BCUT2D eigenvalue weighted by molar-refractivity contribution is 5.23. The number of nitrogens with two attached hydrogens (primary N) is 1. The van der Waals surface area contributed by atoms with Gasteiger partial charge in [0.2, 0.25) is 0 Å². The third-order valence-corrected chi connectivity index (χ3v) is 1.27. The van der Waals surface area contributed by atoms with Crippen LogP contribution in [-0.2, 0) is 0 Å². The summed E-state index contributed by atoms with van der Waals surface area (Å²) in [5, 5.41) is 8.94. The molecule has 1 aromatic rings. The molecule has 3 heteroatoms. The van der Waals surface area contributed by atoms with Gasteiger partial charge in [-0.25, -0.2) is 0 Å². The molecular formula is C7H10N2O. The first-order valence-electron chi connectivity index (χ1n) is 3.09. The lowest BCUT2D eigenvalue weighted by Gasteiger charge is -2.03. The normalized spacial score (nSPS) is 13.0. The van der Waals surface area contributed by atoms with Crippen LogP contribution in [0.3, 0.4) is 0 Å². The van der Waals surface area contributed by atoms with Crippen LogP contribution >= 0.6 is 0 Å². The molecule has 0 aliphatic rings. The number of aromatic hydroxyl groups is 1. The lowest BCUT2D eigenvalue weighted by molar-refractivity contribution is 0.471. The van der Waals surface area contributed by atoms with Crippen molar-refractivity contribution in [3.8, 4) is 5.75 Å². The van der Waals surface area contributed by atoms with Crippen LogP contribution in [0.15, 0.2) is 18.5 Å². The van der Waals surface area contributed by atoms with Crippen molar-refractivity contribution < 1.29 is 5.11 Å². The Labute approximate surface area is 59.5 Å². The van der Waals surface area contributed by atoms with Gasteiger partial charge in [0.15, 0.2) is 0 Å². The SMILES string of the molecule is C[C@@H](N)c1cncc(O)c1. The fraction of sp³-hybridized carbons (Fsp3) is 0.286. The standard InChI is InChI=1S/C7H10N2O/c1-5(8)6-2-7(10)4-9-3-6/h2-5,10H,8H2,1H3/t5-/m1/s1. The molecule has 1 atom stereocenters. The van der Waals surface area contributed by atoms with E-state index in [0.717, 1.165) is 5.56 Å². The van der Waals surface area contributed by atoms with Crippen molar-refractivity contribution in [1.29, 1.82) is 0 Å². The smallest absolute Gasteiger partial charge is 0.134 e. The summed E-state index contributed by atoms with van der Waals surface area (Å²) in [6.45, 7) is 1.84. The molecule has 0 aliphatic carbocycles. The van der Waals surface area contributed by atoms with E-state index in [1.807, 2.05) is 6.92 Å². The summed E-state index contributed by atoms with van der Waals surface area (Å²) in [5.74, 6) is 0.162. The quantitative estimate of drug-likeness (QED) is 0.603. The molecular weight excluding hydrogens is 128 g/mol. The van der Waals surface area contributed by atoms with Crippen LogP contribution < -0.4 is 5.73 Å². The second-order valence-electron chi connectivity index (χ2n) is 2.27. The molecule has 1 aromatic heterocycles. The van der Waals surface area contributed by atoms with E-state index in [0.29, 0.717) is 0 Å². The lowest BCUT2D eigenvalue weighted by Crippen LogP contribution is -2.04. The van der Waals surface area contributed by atoms with Crippen LogP contribution in [-0.4, -0.2) is 10.1 Å². The predicted molar refractivity (Wildman–Crippen MR) is 38.5 cm³/mol. The van der Waals surface area contributed by atoms with Crippen LogP contribution in [0.2, 0.25) is 0 Å².